The molecule has 52 valence electrons. The van der Waals surface area contributed by atoms with Crippen molar-refractivity contribution in [1.82, 2.24) is 9.55 Å². The van der Waals surface area contributed by atoms with Crippen molar-refractivity contribution in [2.45, 2.75) is 6.10 Å². The van der Waals surface area contributed by atoms with Gasteiger partial charge >= 0.3 is 0 Å². The zero-order valence-corrected chi connectivity index (χ0v) is 5.52. The number of aryl methyl sites for hydroxylation is 1. The predicted octanol–water partition coefficient (Wildman–Crippen LogP) is -0.0229. The number of aliphatic hydroxyl groups excluding tert-OH is 1. The molecule has 10 heavy (non-hydrogen) atoms. The van der Waals surface area contributed by atoms with E-state index in [2.05, 4.69) is 4.98 Å². The molecule has 1 unspecified atom stereocenters. The van der Waals surface area contributed by atoms with E-state index in [-0.39, 0.29) is 0 Å². The maximum Gasteiger partial charge on any atom is 0.182 e. The molecule has 1 aromatic heterocycles. The molecule has 0 aliphatic heterocycles. The van der Waals surface area contributed by atoms with Gasteiger partial charge < -0.3 is 9.67 Å². The number of hydrogen-bond acceptors (Lipinski definition) is 3. The van der Waals surface area contributed by atoms with E-state index in [9.17, 15) is 0 Å². The molecule has 1 rings (SSSR count). The van der Waals surface area contributed by atoms with Crippen LogP contribution in [0.15, 0.2) is 12.5 Å². The fourth-order valence-corrected chi connectivity index (χ4v) is 0.697. The van der Waals surface area contributed by atoms with Crippen molar-refractivity contribution < 1.29 is 5.11 Å². The quantitative estimate of drug-likeness (QED) is 0.553. The highest BCUT2D eigenvalue weighted by Gasteiger charge is 2.07. The Bertz CT molecular complexity index is 260. The third-order valence-electron chi connectivity index (χ3n) is 1.26. The number of rotatable bonds is 1. The Balaban J connectivity index is 2.96. The molecule has 1 heterocycles. The molecule has 4 nitrogen and oxygen atoms in total. The van der Waals surface area contributed by atoms with E-state index < -0.39 is 6.10 Å². The molecule has 0 saturated heterocycles. The summed E-state index contributed by atoms with van der Waals surface area (Å²) in [7, 11) is 1.73. The molecule has 1 atom stereocenters. The van der Waals surface area contributed by atoms with Gasteiger partial charge in [-0.15, -0.1) is 0 Å². The molecule has 1 aromatic rings. The number of imidazole rings is 1. The maximum atomic E-state index is 8.98. The van der Waals surface area contributed by atoms with Gasteiger partial charge in [0.25, 0.3) is 0 Å². The van der Waals surface area contributed by atoms with Crippen LogP contribution in [0.25, 0.3) is 0 Å². The number of aromatic nitrogens is 2. The van der Waals surface area contributed by atoms with Gasteiger partial charge in [-0.3, -0.25) is 0 Å². The van der Waals surface area contributed by atoms with Crippen molar-refractivity contribution in [3.8, 4) is 6.07 Å². The lowest BCUT2D eigenvalue weighted by molar-refractivity contribution is 0.227. The first-order valence-electron chi connectivity index (χ1n) is 2.79. The second-order valence-electron chi connectivity index (χ2n) is 1.96. The van der Waals surface area contributed by atoms with E-state index in [0.717, 1.165) is 0 Å². The van der Waals surface area contributed by atoms with Crippen LogP contribution in [0.2, 0.25) is 0 Å². The molecular formula is C6H7N3O. The molecule has 0 aliphatic carbocycles. The molecule has 0 bridgehead atoms. The zero-order chi connectivity index (χ0) is 7.56. The Morgan fingerprint density at radius 1 is 1.90 bits per heavy atom. The van der Waals surface area contributed by atoms with E-state index in [1.54, 1.807) is 17.7 Å². The third kappa shape index (κ3) is 0.993. The molecule has 0 aliphatic rings. The third-order valence-corrected chi connectivity index (χ3v) is 1.26. The largest absolute Gasteiger partial charge is 0.373 e. The number of aliphatic hydroxyl groups is 1. The van der Waals surface area contributed by atoms with Crippen molar-refractivity contribution in [1.29, 1.82) is 5.26 Å². The first-order valence-corrected chi connectivity index (χ1v) is 2.79. The van der Waals surface area contributed by atoms with Gasteiger partial charge in [0.2, 0.25) is 0 Å². The van der Waals surface area contributed by atoms with Gasteiger partial charge in [-0.2, -0.15) is 5.26 Å². The molecule has 0 spiro atoms. The molecule has 0 aromatic carbocycles. The van der Waals surface area contributed by atoms with Crippen molar-refractivity contribution in [3.63, 3.8) is 0 Å². The summed E-state index contributed by atoms with van der Waals surface area (Å²) < 4.78 is 1.61. The highest BCUT2D eigenvalue weighted by Crippen LogP contribution is 2.08. The Hall–Kier alpha value is -1.34. The summed E-state index contributed by atoms with van der Waals surface area (Å²) >= 11 is 0. The number of nitriles is 1. The molecule has 4 heteroatoms. The van der Waals surface area contributed by atoms with Crippen molar-refractivity contribution in [2.75, 3.05) is 0 Å². The predicted molar refractivity (Wildman–Crippen MR) is 33.8 cm³/mol. The van der Waals surface area contributed by atoms with Crippen LogP contribution in [0.3, 0.4) is 0 Å². The van der Waals surface area contributed by atoms with Crippen molar-refractivity contribution >= 4 is 0 Å². The number of hydrogen-bond donors (Lipinski definition) is 1. The lowest BCUT2D eigenvalue weighted by atomic mass is 10.3. The zero-order valence-electron chi connectivity index (χ0n) is 5.52. The van der Waals surface area contributed by atoms with E-state index in [4.69, 9.17) is 10.4 Å². The van der Waals surface area contributed by atoms with Crippen LogP contribution in [0.5, 0.6) is 0 Å². The van der Waals surface area contributed by atoms with Gasteiger partial charge in [-0.05, 0) is 0 Å². The standard InChI is InChI=1S/C6H7N3O/c1-9-4-8-3-5(9)6(10)2-7/h3-4,6,10H,1H3. The van der Waals surface area contributed by atoms with Gasteiger partial charge in [0.15, 0.2) is 6.10 Å². The molecule has 0 radical (unpaired) electrons. The lowest BCUT2D eigenvalue weighted by Crippen LogP contribution is -2.00. The minimum Gasteiger partial charge on any atom is -0.373 e. The van der Waals surface area contributed by atoms with Crippen molar-refractivity contribution in [2.24, 2.45) is 7.05 Å². The lowest BCUT2D eigenvalue weighted by Gasteiger charge is -2.00. The van der Waals surface area contributed by atoms with E-state index in [1.165, 1.54) is 12.5 Å². The summed E-state index contributed by atoms with van der Waals surface area (Å²) in [6, 6.07) is 1.70. The minimum atomic E-state index is -1.06. The van der Waals surface area contributed by atoms with Gasteiger partial charge in [0.05, 0.1) is 18.2 Å². The molecular weight excluding hydrogens is 130 g/mol. The summed E-state index contributed by atoms with van der Waals surface area (Å²) in [5.74, 6) is 0. The maximum absolute atomic E-state index is 8.98. The van der Waals surface area contributed by atoms with Crippen LogP contribution in [0.1, 0.15) is 11.8 Å². The summed E-state index contributed by atoms with van der Waals surface area (Å²) in [5, 5.41) is 17.3. The fourth-order valence-electron chi connectivity index (χ4n) is 0.697. The summed E-state index contributed by atoms with van der Waals surface area (Å²) in [5.41, 5.74) is 0.516. The first-order chi connectivity index (χ1) is 4.75. The van der Waals surface area contributed by atoms with Gasteiger partial charge in [0.1, 0.15) is 6.07 Å². The molecule has 1 N–H and O–H groups in total. The highest BCUT2D eigenvalue weighted by atomic mass is 16.3. The van der Waals surface area contributed by atoms with Crippen LogP contribution in [-0.4, -0.2) is 14.7 Å². The molecule has 0 fully saturated rings. The normalized spacial score (nSPS) is 12.5. The Morgan fingerprint density at radius 3 is 3.00 bits per heavy atom. The van der Waals surface area contributed by atoms with Crippen LogP contribution < -0.4 is 0 Å². The Labute approximate surface area is 58.4 Å². The van der Waals surface area contributed by atoms with E-state index in [1.807, 2.05) is 0 Å². The second-order valence-corrected chi connectivity index (χ2v) is 1.96. The van der Waals surface area contributed by atoms with Gasteiger partial charge in [-0.1, -0.05) is 0 Å². The highest BCUT2D eigenvalue weighted by molar-refractivity contribution is 5.09. The first kappa shape index (κ1) is 6.78. The smallest absolute Gasteiger partial charge is 0.182 e. The minimum absolute atomic E-state index is 0.516. The average Bonchev–Trinajstić information content (AvgIpc) is 2.34. The Kier molecular flexibility index (Phi) is 1.69. The number of nitrogens with zero attached hydrogens (tertiary/aromatic N) is 3. The summed E-state index contributed by atoms with van der Waals surface area (Å²) in [6.45, 7) is 0. The van der Waals surface area contributed by atoms with Gasteiger partial charge in [0, 0.05) is 7.05 Å². The average molecular weight is 137 g/mol. The van der Waals surface area contributed by atoms with Crippen LogP contribution >= 0.6 is 0 Å². The summed E-state index contributed by atoms with van der Waals surface area (Å²) in [4.78, 5) is 3.74. The van der Waals surface area contributed by atoms with Crippen LogP contribution in [0, 0.1) is 11.3 Å². The molecule has 0 saturated carbocycles. The van der Waals surface area contributed by atoms with E-state index >= 15 is 0 Å². The van der Waals surface area contributed by atoms with E-state index in [0.29, 0.717) is 5.69 Å². The molecule has 0 amide bonds. The van der Waals surface area contributed by atoms with Crippen molar-refractivity contribution in [3.05, 3.63) is 18.2 Å². The second kappa shape index (κ2) is 2.50. The summed E-state index contributed by atoms with van der Waals surface area (Å²) in [6.07, 6.45) is 1.94. The van der Waals surface area contributed by atoms with Gasteiger partial charge in [-0.25, -0.2) is 4.98 Å². The SMILES string of the molecule is Cn1cncc1C(O)C#N. The fraction of sp³-hybridized carbons (Fsp3) is 0.333. The van der Waals surface area contributed by atoms with Crippen LogP contribution in [-0.2, 0) is 7.05 Å². The topological polar surface area (TPSA) is 61.8 Å². The monoisotopic (exact) mass is 137 g/mol. The van der Waals surface area contributed by atoms with Crippen LogP contribution in [0.4, 0.5) is 0 Å². The Morgan fingerprint density at radius 2 is 2.60 bits per heavy atom.